The highest BCUT2D eigenvalue weighted by atomic mass is 35.5. The highest BCUT2D eigenvalue weighted by molar-refractivity contribution is 6.30. The van der Waals surface area contributed by atoms with Gasteiger partial charge < -0.3 is 5.32 Å². The molecule has 1 N–H and O–H groups in total. The summed E-state index contributed by atoms with van der Waals surface area (Å²) >= 11 is 5.84. The number of rotatable bonds is 5. The summed E-state index contributed by atoms with van der Waals surface area (Å²) in [7, 11) is 0. The van der Waals surface area contributed by atoms with E-state index in [0.29, 0.717) is 29.1 Å². The lowest BCUT2D eigenvalue weighted by Crippen LogP contribution is -2.34. The van der Waals surface area contributed by atoms with E-state index in [1.165, 1.54) is 17.7 Å². The average molecular weight is 429 g/mol. The summed E-state index contributed by atoms with van der Waals surface area (Å²) in [4.78, 5) is 4.39. The van der Waals surface area contributed by atoms with Crippen molar-refractivity contribution in [3.05, 3.63) is 70.9 Å². The first kappa shape index (κ1) is 21.0. The molecule has 5 heteroatoms. The number of nitrogens with zero attached hydrogens (tertiary/aromatic N) is 1. The molecule has 1 saturated carbocycles. The predicted octanol–water partition coefficient (Wildman–Crippen LogP) is 7.58. The van der Waals surface area contributed by atoms with Crippen LogP contribution in [0, 0.1) is 23.0 Å². The predicted molar refractivity (Wildman–Crippen MR) is 120 cm³/mol. The standard InChI is InChI=1S/C25H27ClF2N2/c1-16(15-30-24-5-3-18(26)13-22(24)28)25(2)10-7-17(8-11-25)20-9-12-29-23-6-4-19(27)14-21(20)23/h3-6,9,12-14,16-17,30H,7-8,10-11,15H2,1-2H3/t16?,17-,25+. The fraction of sp³-hybridized carbons (Fsp3) is 0.400. The molecule has 0 aliphatic heterocycles. The van der Waals surface area contributed by atoms with Gasteiger partial charge in [-0.3, -0.25) is 4.98 Å². The highest BCUT2D eigenvalue weighted by Crippen LogP contribution is 2.48. The second-order valence-corrected chi connectivity index (χ2v) is 9.33. The Kier molecular flexibility index (Phi) is 5.97. The topological polar surface area (TPSA) is 24.9 Å². The Labute approximate surface area is 181 Å². The van der Waals surface area contributed by atoms with Crippen LogP contribution in [0.15, 0.2) is 48.7 Å². The van der Waals surface area contributed by atoms with E-state index >= 15 is 0 Å². The molecule has 1 atom stereocenters. The summed E-state index contributed by atoms with van der Waals surface area (Å²) in [6.07, 6.45) is 6.12. The van der Waals surface area contributed by atoms with E-state index < -0.39 is 0 Å². The van der Waals surface area contributed by atoms with Gasteiger partial charge in [-0.25, -0.2) is 8.78 Å². The summed E-state index contributed by atoms with van der Waals surface area (Å²) in [6.45, 7) is 5.28. The maximum atomic E-state index is 14.1. The smallest absolute Gasteiger partial charge is 0.147 e. The minimum absolute atomic E-state index is 0.181. The Morgan fingerprint density at radius 3 is 2.63 bits per heavy atom. The van der Waals surface area contributed by atoms with Gasteiger partial charge in [0.25, 0.3) is 0 Å². The molecule has 1 aliphatic rings. The molecule has 1 unspecified atom stereocenters. The van der Waals surface area contributed by atoms with Gasteiger partial charge in [0.15, 0.2) is 0 Å². The lowest BCUT2D eigenvalue weighted by Gasteiger charge is -2.42. The fourth-order valence-electron chi connectivity index (χ4n) is 4.72. The maximum absolute atomic E-state index is 14.1. The third kappa shape index (κ3) is 4.29. The number of benzene rings is 2. The molecule has 158 valence electrons. The van der Waals surface area contributed by atoms with E-state index in [4.69, 9.17) is 11.6 Å². The number of hydrogen-bond acceptors (Lipinski definition) is 2. The van der Waals surface area contributed by atoms with Gasteiger partial charge in [-0.1, -0.05) is 25.4 Å². The van der Waals surface area contributed by atoms with E-state index in [1.54, 1.807) is 24.3 Å². The number of fused-ring (bicyclic) bond motifs is 1. The molecule has 2 nitrogen and oxygen atoms in total. The SMILES string of the molecule is CC(CNc1ccc(Cl)cc1F)[C@]1(C)CC[C@H](c2ccnc3ccc(F)cc32)CC1. The number of nitrogens with one attached hydrogen (secondary N) is 1. The van der Waals surface area contributed by atoms with Crippen LogP contribution in [0.3, 0.4) is 0 Å². The Balaban J connectivity index is 1.42. The second kappa shape index (κ2) is 8.50. The molecule has 0 radical (unpaired) electrons. The zero-order valence-corrected chi connectivity index (χ0v) is 18.1. The molecule has 0 spiro atoms. The first-order chi connectivity index (χ1) is 14.4. The van der Waals surface area contributed by atoms with Crippen molar-refractivity contribution in [2.24, 2.45) is 11.3 Å². The Bertz CT molecular complexity index is 1040. The molecule has 2 aromatic carbocycles. The molecular weight excluding hydrogens is 402 g/mol. The second-order valence-electron chi connectivity index (χ2n) is 8.90. The molecule has 30 heavy (non-hydrogen) atoms. The van der Waals surface area contributed by atoms with Crippen LogP contribution in [-0.4, -0.2) is 11.5 Å². The van der Waals surface area contributed by atoms with E-state index in [-0.39, 0.29) is 17.0 Å². The molecular formula is C25H27ClF2N2. The number of anilines is 1. The van der Waals surface area contributed by atoms with E-state index in [0.717, 1.165) is 36.6 Å². The first-order valence-corrected chi connectivity index (χ1v) is 11.0. The Morgan fingerprint density at radius 1 is 1.13 bits per heavy atom. The lowest BCUT2D eigenvalue weighted by molar-refractivity contribution is 0.128. The monoisotopic (exact) mass is 428 g/mol. The Morgan fingerprint density at radius 2 is 1.90 bits per heavy atom. The largest absolute Gasteiger partial charge is 0.382 e. The van der Waals surface area contributed by atoms with Crippen molar-refractivity contribution in [3.63, 3.8) is 0 Å². The van der Waals surface area contributed by atoms with Gasteiger partial charge in [-0.15, -0.1) is 0 Å². The number of halogens is 3. The highest BCUT2D eigenvalue weighted by Gasteiger charge is 2.36. The van der Waals surface area contributed by atoms with Crippen molar-refractivity contribution < 1.29 is 8.78 Å². The number of hydrogen-bond donors (Lipinski definition) is 1. The van der Waals surface area contributed by atoms with Crippen molar-refractivity contribution in [1.82, 2.24) is 4.98 Å². The molecule has 1 heterocycles. The van der Waals surface area contributed by atoms with Gasteiger partial charge in [0, 0.05) is 23.2 Å². The van der Waals surface area contributed by atoms with E-state index in [1.807, 2.05) is 12.3 Å². The summed E-state index contributed by atoms with van der Waals surface area (Å²) in [5.41, 5.74) is 2.73. The third-order valence-electron chi connectivity index (χ3n) is 7.02. The summed E-state index contributed by atoms with van der Waals surface area (Å²) in [5, 5.41) is 4.58. The van der Waals surface area contributed by atoms with Crippen molar-refractivity contribution >= 4 is 28.2 Å². The zero-order chi connectivity index (χ0) is 21.3. The molecule has 0 bridgehead atoms. The van der Waals surface area contributed by atoms with Crippen molar-refractivity contribution in [2.45, 2.75) is 45.4 Å². The van der Waals surface area contributed by atoms with Crippen molar-refractivity contribution in [1.29, 1.82) is 0 Å². The van der Waals surface area contributed by atoms with Crippen LogP contribution in [0.25, 0.3) is 10.9 Å². The van der Waals surface area contributed by atoms with Gasteiger partial charge >= 0.3 is 0 Å². The summed E-state index contributed by atoms with van der Waals surface area (Å²) < 4.78 is 27.9. The summed E-state index contributed by atoms with van der Waals surface area (Å²) in [5.74, 6) is 0.270. The van der Waals surface area contributed by atoms with Crippen molar-refractivity contribution in [2.75, 3.05) is 11.9 Å². The fourth-order valence-corrected chi connectivity index (χ4v) is 4.88. The van der Waals surface area contributed by atoms with E-state index in [2.05, 4.69) is 24.1 Å². The molecule has 1 aromatic heterocycles. The normalized spacial score (nSPS) is 22.8. The molecule has 1 aliphatic carbocycles. The quantitative estimate of drug-likeness (QED) is 0.453. The molecule has 0 saturated heterocycles. The summed E-state index contributed by atoms with van der Waals surface area (Å²) in [6, 6.07) is 11.6. The minimum atomic E-state index is -0.319. The number of pyridine rings is 1. The van der Waals surface area contributed by atoms with Crippen molar-refractivity contribution in [3.8, 4) is 0 Å². The first-order valence-electron chi connectivity index (χ1n) is 10.6. The van der Waals surface area contributed by atoms with Crippen LogP contribution in [0.1, 0.15) is 51.0 Å². The van der Waals surface area contributed by atoms with E-state index in [9.17, 15) is 8.78 Å². The van der Waals surface area contributed by atoms with Gasteiger partial charge in [-0.05, 0) is 91.0 Å². The lowest BCUT2D eigenvalue weighted by atomic mass is 9.64. The van der Waals surface area contributed by atoms with Gasteiger partial charge in [0.2, 0.25) is 0 Å². The van der Waals surface area contributed by atoms with Gasteiger partial charge in [0.1, 0.15) is 11.6 Å². The van der Waals surface area contributed by atoms with Crippen LogP contribution in [0.2, 0.25) is 5.02 Å². The molecule has 1 fully saturated rings. The third-order valence-corrected chi connectivity index (χ3v) is 7.26. The maximum Gasteiger partial charge on any atom is 0.147 e. The molecule has 3 aromatic rings. The minimum Gasteiger partial charge on any atom is -0.382 e. The number of aromatic nitrogens is 1. The average Bonchev–Trinajstić information content (AvgIpc) is 2.73. The van der Waals surface area contributed by atoms with Gasteiger partial charge in [0.05, 0.1) is 11.2 Å². The Hall–Kier alpha value is -2.20. The molecule has 0 amide bonds. The zero-order valence-electron chi connectivity index (χ0n) is 17.4. The van der Waals surface area contributed by atoms with Crippen LogP contribution in [0.4, 0.5) is 14.5 Å². The van der Waals surface area contributed by atoms with Gasteiger partial charge in [-0.2, -0.15) is 0 Å². The van der Waals surface area contributed by atoms with Crippen LogP contribution in [0.5, 0.6) is 0 Å². The van der Waals surface area contributed by atoms with Crippen LogP contribution < -0.4 is 5.32 Å². The van der Waals surface area contributed by atoms with Crippen LogP contribution >= 0.6 is 11.6 Å². The van der Waals surface area contributed by atoms with Crippen LogP contribution in [-0.2, 0) is 0 Å². The molecule has 4 rings (SSSR count).